The molecule has 2 aromatic heterocycles. The zero-order valence-electron chi connectivity index (χ0n) is 44.0. The molecule has 16 rings (SSSR count). The molecule has 0 amide bonds. The molecule has 12 aromatic carbocycles. The van der Waals surface area contributed by atoms with Gasteiger partial charge < -0.3 is 19.8 Å². The van der Waals surface area contributed by atoms with Crippen LogP contribution in [-0.2, 0) is 5.41 Å². The van der Waals surface area contributed by atoms with E-state index in [4.69, 9.17) is 9.97 Å². The van der Waals surface area contributed by atoms with Crippen molar-refractivity contribution in [3.63, 3.8) is 0 Å². The second-order valence-electron chi connectivity index (χ2n) is 21.1. The van der Waals surface area contributed by atoms with E-state index in [2.05, 4.69) is 311 Å². The number of para-hydroxylation sites is 8. The number of fused-ring (bicyclic) bond motifs is 12. The monoisotopic (exact) mass is 1030 g/mol. The van der Waals surface area contributed by atoms with E-state index in [9.17, 15) is 0 Å². The van der Waals surface area contributed by atoms with E-state index in [1.807, 2.05) is 0 Å². The van der Waals surface area contributed by atoms with Crippen LogP contribution in [-0.4, -0.2) is 19.9 Å². The van der Waals surface area contributed by atoms with Crippen LogP contribution in [0.1, 0.15) is 22.3 Å². The Balaban J connectivity index is 0.904. The van der Waals surface area contributed by atoms with Crippen LogP contribution in [0.4, 0.5) is 34.1 Å². The lowest BCUT2D eigenvalue weighted by atomic mass is 9.69. The third-order valence-electron chi connectivity index (χ3n) is 16.6. The lowest BCUT2D eigenvalue weighted by molar-refractivity contribution is 0.794. The standard InChI is InChI=1S/C75H50N6/c1-5-17-55(18-6-1)80(56-19-7-2-8-20-56)59-37-29-49(30-38-59)51-33-41-61-62-42-34-52(50-31-39-60(40-32-50)81(57-21-9-3-10-22-57)58-23-11-4-12-24-58)46-66(62)75(65(61)45-51)67-47-53(73-76-69-25-13-14-26-70(69)77-73)35-43-63(67)64-44-36-54(48-68(64)75)74-78-71-27-15-16-28-72(71)79-74/h1-48H,(H,76,77)(H,78,79). The highest BCUT2D eigenvalue weighted by Crippen LogP contribution is 2.64. The van der Waals surface area contributed by atoms with Crippen molar-refractivity contribution >= 4 is 56.2 Å². The predicted molar refractivity (Wildman–Crippen MR) is 333 cm³/mol. The number of hydrogen-bond donors (Lipinski definition) is 2. The number of aromatic amines is 2. The quantitative estimate of drug-likeness (QED) is 0.143. The molecule has 2 aliphatic rings. The number of imidazole rings is 2. The summed E-state index contributed by atoms with van der Waals surface area (Å²) in [5.74, 6) is 1.68. The Kier molecular flexibility index (Phi) is 10.7. The number of aromatic nitrogens is 4. The summed E-state index contributed by atoms with van der Waals surface area (Å²) in [7, 11) is 0. The molecular formula is C75H50N6. The molecule has 6 nitrogen and oxygen atoms in total. The van der Waals surface area contributed by atoms with Crippen molar-refractivity contribution in [2.24, 2.45) is 0 Å². The Labute approximate surface area is 469 Å². The molecule has 0 saturated carbocycles. The van der Waals surface area contributed by atoms with E-state index < -0.39 is 5.41 Å². The minimum Gasteiger partial charge on any atom is -0.338 e. The first-order valence-electron chi connectivity index (χ1n) is 27.6. The second kappa shape index (κ2) is 18.7. The summed E-state index contributed by atoms with van der Waals surface area (Å²) in [5, 5.41) is 0. The fourth-order valence-corrected chi connectivity index (χ4v) is 12.9. The molecular weight excluding hydrogens is 985 g/mol. The fraction of sp³-hybridized carbons (Fsp3) is 0.0133. The highest BCUT2D eigenvalue weighted by molar-refractivity contribution is 5.99. The van der Waals surface area contributed by atoms with Gasteiger partial charge in [0.1, 0.15) is 11.6 Å². The van der Waals surface area contributed by atoms with E-state index in [0.717, 1.165) is 101 Å². The molecule has 14 aromatic rings. The van der Waals surface area contributed by atoms with Crippen LogP contribution in [0, 0.1) is 0 Å². The van der Waals surface area contributed by atoms with Crippen LogP contribution < -0.4 is 9.80 Å². The van der Waals surface area contributed by atoms with Gasteiger partial charge in [-0.05, 0) is 188 Å². The lowest BCUT2D eigenvalue weighted by Gasteiger charge is -2.31. The van der Waals surface area contributed by atoms with Gasteiger partial charge in [0, 0.05) is 45.3 Å². The predicted octanol–water partition coefficient (Wildman–Crippen LogP) is 19.4. The molecule has 0 fully saturated rings. The molecule has 81 heavy (non-hydrogen) atoms. The van der Waals surface area contributed by atoms with Crippen molar-refractivity contribution in [3.05, 3.63) is 313 Å². The maximum Gasteiger partial charge on any atom is 0.138 e. The molecule has 0 atom stereocenters. The molecule has 2 heterocycles. The summed E-state index contributed by atoms with van der Waals surface area (Å²) in [5.41, 5.74) is 26.1. The van der Waals surface area contributed by atoms with Gasteiger partial charge in [-0.1, -0.05) is 170 Å². The molecule has 2 N–H and O–H groups in total. The molecule has 0 bridgehead atoms. The first-order valence-corrected chi connectivity index (χ1v) is 27.6. The molecule has 1 spiro atoms. The van der Waals surface area contributed by atoms with E-state index in [1.54, 1.807) is 0 Å². The maximum atomic E-state index is 5.18. The number of H-pyrrole nitrogens is 2. The summed E-state index contributed by atoms with van der Waals surface area (Å²) < 4.78 is 0. The van der Waals surface area contributed by atoms with Crippen LogP contribution in [0.2, 0.25) is 0 Å². The average molecular weight is 1040 g/mol. The molecule has 2 aliphatic carbocycles. The van der Waals surface area contributed by atoms with Crippen LogP contribution in [0.15, 0.2) is 291 Å². The van der Waals surface area contributed by atoms with Crippen LogP contribution in [0.3, 0.4) is 0 Å². The van der Waals surface area contributed by atoms with Gasteiger partial charge in [0.25, 0.3) is 0 Å². The van der Waals surface area contributed by atoms with E-state index >= 15 is 0 Å². The number of hydrogen-bond acceptors (Lipinski definition) is 4. The van der Waals surface area contributed by atoms with Gasteiger partial charge in [0.15, 0.2) is 0 Å². The van der Waals surface area contributed by atoms with Crippen molar-refractivity contribution in [2.45, 2.75) is 5.41 Å². The smallest absolute Gasteiger partial charge is 0.138 e. The summed E-state index contributed by atoms with van der Waals surface area (Å²) in [6.07, 6.45) is 0. The lowest BCUT2D eigenvalue weighted by Crippen LogP contribution is -2.26. The van der Waals surface area contributed by atoms with E-state index in [-0.39, 0.29) is 0 Å². The second-order valence-corrected chi connectivity index (χ2v) is 21.1. The minimum atomic E-state index is -0.750. The Morgan fingerprint density at radius 3 is 0.852 bits per heavy atom. The highest BCUT2D eigenvalue weighted by Gasteiger charge is 2.52. The Bertz CT molecular complexity index is 4230. The number of nitrogens with one attached hydrogen (secondary N) is 2. The first kappa shape index (κ1) is 46.3. The number of anilines is 6. The van der Waals surface area contributed by atoms with Gasteiger partial charge in [0.2, 0.25) is 0 Å². The first-order chi connectivity index (χ1) is 40.1. The Hall–Kier alpha value is -10.8. The fourth-order valence-electron chi connectivity index (χ4n) is 12.9. The average Bonchev–Trinajstić information content (AvgIpc) is 4.50. The van der Waals surface area contributed by atoms with Crippen LogP contribution >= 0.6 is 0 Å². The summed E-state index contributed by atoms with van der Waals surface area (Å²) in [6.45, 7) is 0. The van der Waals surface area contributed by atoms with Crippen molar-refractivity contribution in [2.75, 3.05) is 9.80 Å². The number of nitrogens with zero attached hydrogens (tertiary/aromatic N) is 4. The normalized spacial score (nSPS) is 12.5. The van der Waals surface area contributed by atoms with Gasteiger partial charge in [-0.15, -0.1) is 0 Å². The molecule has 380 valence electrons. The zero-order valence-corrected chi connectivity index (χ0v) is 44.0. The summed E-state index contributed by atoms with van der Waals surface area (Å²) >= 11 is 0. The van der Waals surface area contributed by atoms with Crippen molar-refractivity contribution in [3.8, 4) is 67.3 Å². The van der Waals surface area contributed by atoms with Crippen molar-refractivity contribution < 1.29 is 0 Å². The maximum absolute atomic E-state index is 5.18. The zero-order chi connectivity index (χ0) is 53.4. The summed E-state index contributed by atoms with van der Waals surface area (Å²) in [4.78, 5) is 22.4. The van der Waals surface area contributed by atoms with Crippen molar-refractivity contribution in [1.82, 2.24) is 19.9 Å². The van der Waals surface area contributed by atoms with Crippen LogP contribution in [0.25, 0.3) is 89.4 Å². The summed E-state index contributed by atoms with van der Waals surface area (Å²) in [6, 6.07) is 105. The molecule has 0 radical (unpaired) electrons. The third kappa shape index (κ3) is 7.56. The Morgan fingerprint density at radius 2 is 0.519 bits per heavy atom. The van der Waals surface area contributed by atoms with Gasteiger partial charge in [-0.25, -0.2) is 9.97 Å². The van der Waals surface area contributed by atoms with Gasteiger partial charge >= 0.3 is 0 Å². The number of rotatable bonds is 10. The topological polar surface area (TPSA) is 63.8 Å². The Morgan fingerprint density at radius 1 is 0.247 bits per heavy atom. The van der Waals surface area contributed by atoms with Crippen molar-refractivity contribution in [1.29, 1.82) is 0 Å². The molecule has 0 saturated heterocycles. The molecule has 6 heteroatoms. The van der Waals surface area contributed by atoms with Crippen LogP contribution in [0.5, 0.6) is 0 Å². The highest BCUT2D eigenvalue weighted by atomic mass is 15.1. The molecule has 0 aliphatic heterocycles. The third-order valence-corrected chi connectivity index (χ3v) is 16.6. The SMILES string of the molecule is c1ccc(N(c2ccccc2)c2ccc(-c3ccc4c(c3)C3(c5cc(-c6ccc(N(c7ccccc7)c7ccccc7)cc6)ccc5-4)c4cc(-c5nc6ccccc6[nH]5)ccc4-c4ccc(-c5nc6ccccc6[nH]5)cc43)cc2)cc1. The van der Waals surface area contributed by atoms with Gasteiger partial charge in [-0.2, -0.15) is 0 Å². The largest absolute Gasteiger partial charge is 0.338 e. The van der Waals surface area contributed by atoms with Gasteiger partial charge in [0.05, 0.1) is 27.5 Å². The molecule has 0 unspecified atom stereocenters. The van der Waals surface area contributed by atoms with E-state index in [0.29, 0.717) is 0 Å². The number of benzene rings is 12. The van der Waals surface area contributed by atoms with Gasteiger partial charge in [-0.3, -0.25) is 0 Å². The minimum absolute atomic E-state index is 0.750. The van der Waals surface area contributed by atoms with E-state index in [1.165, 1.54) is 44.5 Å².